The summed E-state index contributed by atoms with van der Waals surface area (Å²) in [6.45, 7) is 8.71. The van der Waals surface area contributed by atoms with Crippen LogP contribution in [0.5, 0.6) is 0 Å². The molecule has 1 aliphatic heterocycles. The van der Waals surface area contributed by atoms with Crippen LogP contribution in [-0.4, -0.2) is 62.8 Å². The fourth-order valence-electron chi connectivity index (χ4n) is 5.52. The van der Waals surface area contributed by atoms with Crippen molar-refractivity contribution in [3.63, 3.8) is 0 Å². The van der Waals surface area contributed by atoms with Crippen LogP contribution in [0.15, 0.2) is 36.8 Å². The number of nitrogens with zero attached hydrogens (tertiary/aromatic N) is 5. The Morgan fingerprint density at radius 1 is 1.05 bits per heavy atom. The van der Waals surface area contributed by atoms with Crippen LogP contribution in [0.25, 0.3) is 11.4 Å². The molecule has 3 aromatic heterocycles. The molecule has 7 nitrogen and oxygen atoms in total. The van der Waals surface area contributed by atoms with Crippen LogP contribution in [0.2, 0.25) is 0 Å². The highest BCUT2D eigenvalue weighted by Crippen LogP contribution is 2.32. The number of pyridine rings is 2. The molecule has 0 spiro atoms. The maximum Gasteiger partial charge on any atom is 0.418 e. The fraction of sp³-hybridized carbons (Fsp3) is 0.448. The van der Waals surface area contributed by atoms with Gasteiger partial charge < -0.3 is 4.74 Å². The predicted octanol–water partition coefficient (Wildman–Crippen LogP) is 5.30. The summed E-state index contributed by atoms with van der Waals surface area (Å²) in [5, 5.41) is 4.23. The van der Waals surface area contributed by atoms with Crippen LogP contribution >= 0.6 is 0 Å². The Labute approximate surface area is 225 Å². The van der Waals surface area contributed by atoms with Gasteiger partial charge in [0.15, 0.2) is 11.6 Å². The average molecular weight is 540 g/mol. The molecule has 39 heavy (non-hydrogen) atoms. The van der Waals surface area contributed by atoms with Gasteiger partial charge in [-0.1, -0.05) is 12.1 Å². The number of hydrogen-bond donors (Lipinski definition) is 0. The molecule has 1 atom stereocenters. The number of alkyl halides is 3. The van der Waals surface area contributed by atoms with Crippen LogP contribution < -0.4 is 0 Å². The number of rotatable bonds is 6. The van der Waals surface area contributed by atoms with Crippen molar-refractivity contribution in [1.29, 1.82) is 0 Å². The molecule has 5 rings (SSSR count). The normalized spacial score (nSPS) is 18.7. The molecule has 1 saturated heterocycles. The fourth-order valence-corrected chi connectivity index (χ4v) is 5.52. The SMILES string of the molecule is Cc1cc(-n2ncc(C(=O)Cc3cnc(C4=CCC(N5CCOCC5)CC4)c(C)c3)c2C)ncc1C(F)(F)F. The second-order valence-electron chi connectivity index (χ2n) is 10.3. The van der Waals surface area contributed by atoms with Gasteiger partial charge in [0, 0.05) is 37.9 Å². The van der Waals surface area contributed by atoms with Gasteiger partial charge >= 0.3 is 6.18 Å². The molecule has 0 bridgehead atoms. The number of halogens is 3. The third kappa shape index (κ3) is 5.81. The van der Waals surface area contributed by atoms with Gasteiger partial charge in [-0.15, -0.1) is 0 Å². The first kappa shape index (κ1) is 27.2. The van der Waals surface area contributed by atoms with E-state index in [0.29, 0.717) is 17.3 Å². The summed E-state index contributed by atoms with van der Waals surface area (Å²) >= 11 is 0. The molecule has 206 valence electrons. The highest BCUT2D eigenvalue weighted by atomic mass is 19.4. The lowest BCUT2D eigenvalue weighted by atomic mass is 9.90. The lowest BCUT2D eigenvalue weighted by Gasteiger charge is -2.36. The van der Waals surface area contributed by atoms with Crippen LogP contribution in [-0.2, 0) is 17.3 Å². The van der Waals surface area contributed by atoms with E-state index in [2.05, 4.69) is 21.1 Å². The highest BCUT2D eigenvalue weighted by Gasteiger charge is 2.33. The molecule has 0 aromatic carbocycles. The zero-order chi connectivity index (χ0) is 27.7. The molecule has 4 heterocycles. The first-order valence-electron chi connectivity index (χ1n) is 13.2. The van der Waals surface area contributed by atoms with E-state index in [1.54, 1.807) is 13.1 Å². The number of Topliss-reactive ketones (excluding diaryl/α,β-unsaturated/α-hetero) is 1. The monoisotopic (exact) mass is 539 g/mol. The smallest absolute Gasteiger partial charge is 0.379 e. The summed E-state index contributed by atoms with van der Waals surface area (Å²) in [5.74, 6) is 0.0945. The van der Waals surface area contributed by atoms with Gasteiger partial charge in [0.2, 0.25) is 0 Å². The number of ketones is 1. The Hall–Kier alpha value is -3.37. The van der Waals surface area contributed by atoms with Gasteiger partial charge in [-0.25, -0.2) is 9.67 Å². The van der Waals surface area contributed by atoms with E-state index in [4.69, 9.17) is 9.72 Å². The molecule has 0 radical (unpaired) electrons. The van der Waals surface area contributed by atoms with E-state index in [1.807, 2.05) is 13.0 Å². The minimum absolute atomic E-state index is 0.0432. The Balaban J connectivity index is 1.27. The van der Waals surface area contributed by atoms with E-state index in [-0.39, 0.29) is 23.6 Å². The van der Waals surface area contributed by atoms with Gasteiger partial charge in [0.05, 0.1) is 41.9 Å². The second kappa shape index (κ2) is 11.0. The standard InChI is InChI=1S/C29H32F3N5O2/c1-18-13-27(33-17-25(18)29(30,31)32)37-20(3)24(16-35-37)26(38)14-21-12-19(2)28(34-15-21)22-4-6-23(7-5-22)36-8-10-39-11-9-36/h4,12-13,15-17,23H,5-11,14H2,1-3H3. The molecule has 1 fully saturated rings. The maximum atomic E-state index is 13.1. The molecule has 1 aliphatic carbocycles. The molecule has 0 amide bonds. The van der Waals surface area contributed by atoms with Crippen molar-refractivity contribution in [1.82, 2.24) is 24.6 Å². The predicted molar refractivity (Wildman–Crippen MR) is 141 cm³/mol. The first-order chi connectivity index (χ1) is 18.6. The minimum Gasteiger partial charge on any atom is -0.379 e. The first-order valence-corrected chi connectivity index (χ1v) is 13.2. The van der Waals surface area contributed by atoms with Gasteiger partial charge in [-0.05, 0) is 68.4 Å². The second-order valence-corrected chi connectivity index (χ2v) is 10.3. The van der Waals surface area contributed by atoms with Crippen molar-refractivity contribution in [2.75, 3.05) is 26.3 Å². The van der Waals surface area contributed by atoms with Crippen molar-refractivity contribution in [3.8, 4) is 5.82 Å². The van der Waals surface area contributed by atoms with Crippen molar-refractivity contribution >= 4 is 11.4 Å². The van der Waals surface area contributed by atoms with Gasteiger partial charge in [-0.3, -0.25) is 14.7 Å². The molecule has 10 heteroatoms. The Bertz CT molecular complexity index is 1410. The number of aryl methyl sites for hydroxylation is 2. The van der Waals surface area contributed by atoms with Gasteiger partial charge in [-0.2, -0.15) is 18.3 Å². The van der Waals surface area contributed by atoms with E-state index in [0.717, 1.165) is 68.6 Å². The highest BCUT2D eigenvalue weighted by molar-refractivity contribution is 5.98. The molecular weight excluding hydrogens is 507 g/mol. The number of carbonyl (C=O) groups excluding carboxylic acids is 1. The molecule has 0 saturated carbocycles. The number of hydrogen-bond acceptors (Lipinski definition) is 6. The summed E-state index contributed by atoms with van der Waals surface area (Å²) in [4.78, 5) is 24.3. The van der Waals surface area contributed by atoms with Crippen molar-refractivity contribution < 1.29 is 22.7 Å². The summed E-state index contributed by atoms with van der Waals surface area (Å²) in [7, 11) is 0. The zero-order valence-electron chi connectivity index (χ0n) is 22.4. The molecule has 1 unspecified atom stereocenters. The quantitative estimate of drug-likeness (QED) is 0.396. The van der Waals surface area contributed by atoms with E-state index < -0.39 is 11.7 Å². The number of ether oxygens (including phenoxy) is 1. The summed E-state index contributed by atoms with van der Waals surface area (Å²) < 4.78 is 46.2. The Morgan fingerprint density at radius 3 is 2.46 bits per heavy atom. The Morgan fingerprint density at radius 2 is 1.82 bits per heavy atom. The van der Waals surface area contributed by atoms with Gasteiger partial charge in [0.1, 0.15) is 0 Å². The largest absolute Gasteiger partial charge is 0.418 e. The van der Waals surface area contributed by atoms with Crippen molar-refractivity contribution in [3.05, 3.63) is 76.0 Å². The molecular formula is C29H32F3N5O2. The average Bonchev–Trinajstić information content (AvgIpc) is 3.30. The van der Waals surface area contributed by atoms with E-state index in [9.17, 15) is 18.0 Å². The van der Waals surface area contributed by atoms with Crippen LogP contribution in [0.3, 0.4) is 0 Å². The zero-order valence-corrected chi connectivity index (χ0v) is 22.4. The summed E-state index contributed by atoms with van der Waals surface area (Å²) in [6.07, 6.45) is 5.07. The maximum absolute atomic E-state index is 13.1. The topological polar surface area (TPSA) is 73.1 Å². The Kier molecular flexibility index (Phi) is 7.68. The van der Waals surface area contributed by atoms with E-state index in [1.165, 1.54) is 29.4 Å². The summed E-state index contributed by atoms with van der Waals surface area (Å²) in [5.41, 5.74) is 4.26. The van der Waals surface area contributed by atoms with Crippen LogP contribution in [0, 0.1) is 20.8 Å². The van der Waals surface area contributed by atoms with Crippen molar-refractivity contribution in [2.45, 2.75) is 58.7 Å². The molecule has 2 aliphatic rings. The van der Waals surface area contributed by atoms with Gasteiger partial charge in [0.25, 0.3) is 0 Å². The van der Waals surface area contributed by atoms with Crippen LogP contribution in [0.4, 0.5) is 13.2 Å². The van der Waals surface area contributed by atoms with Crippen molar-refractivity contribution in [2.24, 2.45) is 0 Å². The minimum atomic E-state index is -4.48. The third-order valence-corrected chi connectivity index (χ3v) is 7.68. The lowest BCUT2D eigenvalue weighted by Crippen LogP contribution is -2.43. The number of carbonyl (C=O) groups is 1. The third-order valence-electron chi connectivity index (χ3n) is 7.68. The number of morpholine rings is 1. The summed E-state index contributed by atoms with van der Waals surface area (Å²) in [6, 6.07) is 3.89. The van der Waals surface area contributed by atoms with E-state index >= 15 is 0 Å². The molecule has 0 N–H and O–H groups in total. The lowest BCUT2D eigenvalue weighted by molar-refractivity contribution is -0.138. The van der Waals surface area contributed by atoms with Crippen LogP contribution in [0.1, 0.15) is 63.3 Å². The number of aromatic nitrogens is 4. The number of allylic oxidation sites excluding steroid dienone is 1. The molecule has 3 aromatic rings.